The molecule has 0 saturated heterocycles. The van der Waals surface area contributed by atoms with Gasteiger partial charge in [0.2, 0.25) is 0 Å². The van der Waals surface area contributed by atoms with Crippen molar-refractivity contribution in [2.24, 2.45) is 0 Å². The Hall–Kier alpha value is -0.480. The van der Waals surface area contributed by atoms with Gasteiger partial charge in [0.05, 0.1) is 10.6 Å². The van der Waals surface area contributed by atoms with Crippen LogP contribution in [0.1, 0.15) is 5.56 Å². The highest BCUT2D eigenvalue weighted by Crippen LogP contribution is 2.31. The van der Waals surface area contributed by atoms with Gasteiger partial charge in [-0.1, -0.05) is 23.2 Å². The molecular weight excluding hydrogens is 218 g/mol. The molecule has 1 aromatic heterocycles. The van der Waals surface area contributed by atoms with Crippen LogP contribution in [0.2, 0.25) is 10.2 Å². The Morgan fingerprint density at radius 2 is 1.83 bits per heavy atom. The van der Waals surface area contributed by atoms with Gasteiger partial charge < -0.3 is 0 Å². The lowest BCUT2D eigenvalue weighted by atomic mass is 10.4. The Bertz CT molecular complexity index is 297. The molecule has 66 valence electrons. The zero-order chi connectivity index (χ0) is 9.35. The van der Waals surface area contributed by atoms with Gasteiger partial charge in [0.25, 0.3) is 0 Å². The van der Waals surface area contributed by atoms with Crippen LogP contribution in [-0.2, 0) is 6.18 Å². The first-order chi connectivity index (χ1) is 5.41. The fourth-order valence-electron chi connectivity index (χ4n) is 0.576. The third kappa shape index (κ3) is 2.01. The number of alkyl halides is 3. The minimum Gasteiger partial charge on any atom is -0.242 e. The first kappa shape index (κ1) is 9.61. The molecule has 0 unspecified atom stereocenters. The first-order valence-corrected chi connectivity index (χ1v) is 3.55. The summed E-state index contributed by atoms with van der Waals surface area (Å²) >= 11 is 10.6. The van der Waals surface area contributed by atoms with E-state index in [1.807, 2.05) is 0 Å². The molecule has 0 N–H and O–H groups in total. The van der Waals surface area contributed by atoms with Crippen molar-refractivity contribution in [3.63, 3.8) is 0 Å². The van der Waals surface area contributed by atoms with Crippen molar-refractivity contribution in [2.45, 2.75) is 6.18 Å². The summed E-state index contributed by atoms with van der Waals surface area (Å²) in [6, 6.07) is 0.733. The molecule has 0 saturated carbocycles. The van der Waals surface area contributed by atoms with Gasteiger partial charge in [-0.05, 0) is 6.07 Å². The predicted molar refractivity (Wildman–Crippen MR) is 39.3 cm³/mol. The molecule has 0 aliphatic carbocycles. The molecule has 0 spiro atoms. The van der Waals surface area contributed by atoms with E-state index in [0.29, 0.717) is 6.20 Å². The molecule has 0 fully saturated rings. The highest BCUT2D eigenvalue weighted by molar-refractivity contribution is 6.41. The lowest BCUT2D eigenvalue weighted by Gasteiger charge is -2.05. The number of pyridine rings is 1. The number of hydrogen-bond donors (Lipinski definition) is 0. The molecule has 12 heavy (non-hydrogen) atoms. The Labute approximate surface area is 76.1 Å². The topological polar surface area (TPSA) is 12.9 Å². The second kappa shape index (κ2) is 3.11. The van der Waals surface area contributed by atoms with E-state index in [0.717, 1.165) is 6.07 Å². The van der Waals surface area contributed by atoms with Crippen LogP contribution in [0.15, 0.2) is 12.3 Å². The van der Waals surface area contributed by atoms with E-state index >= 15 is 0 Å². The van der Waals surface area contributed by atoms with Crippen molar-refractivity contribution in [1.82, 2.24) is 4.98 Å². The quantitative estimate of drug-likeness (QED) is 0.610. The third-order valence-electron chi connectivity index (χ3n) is 1.12. The van der Waals surface area contributed by atoms with Crippen LogP contribution < -0.4 is 0 Å². The molecule has 0 amide bonds. The molecule has 6 heteroatoms. The van der Waals surface area contributed by atoms with Crippen molar-refractivity contribution in [1.29, 1.82) is 0 Å². The Morgan fingerprint density at radius 3 is 2.25 bits per heavy atom. The summed E-state index contributed by atoms with van der Waals surface area (Å²) in [4.78, 5) is 3.26. The smallest absolute Gasteiger partial charge is 0.242 e. The minimum atomic E-state index is -4.43. The van der Waals surface area contributed by atoms with Gasteiger partial charge >= 0.3 is 6.18 Å². The van der Waals surface area contributed by atoms with Crippen LogP contribution in [0.5, 0.6) is 0 Å². The first-order valence-electron chi connectivity index (χ1n) is 2.79. The molecule has 0 radical (unpaired) electrons. The molecule has 0 aliphatic heterocycles. The molecule has 0 aliphatic rings. The summed E-state index contributed by atoms with van der Waals surface area (Å²) < 4.78 is 35.9. The number of nitrogens with zero attached hydrogens (tertiary/aromatic N) is 1. The largest absolute Gasteiger partial charge is 0.417 e. The SMILES string of the molecule is FC(F)(F)c1c[15n][13c](Cl)[13c](Cl)[13cH]1. The van der Waals surface area contributed by atoms with E-state index < -0.39 is 11.7 Å². The van der Waals surface area contributed by atoms with Crippen molar-refractivity contribution < 1.29 is 13.2 Å². The molecule has 1 heterocycles. The Morgan fingerprint density at radius 1 is 1.25 bits per heavy atom. The van der Waals surface area contributed by atoms with E-state index in [9.17, 15) is 13.2 Å². The van der Waals surface area contributed by atoms with Gasteiger partial charge in [0.1, 0.15) is 5.15 Å². The number of halogens is 5. The van der Waals surface area contributed by atoms with Gasteiger partial charge in [-0.15, -0.1) is 0 Å². The van der Waals surface area contributed by atoms with Crippen LogP contribution in [0.25, 0.3) is 0 Å². The van der Waals surface area contributed by atoms with Gasteiger partial charge in [-0.25, -0.2) is 4.98 Å². The van der Waals surface area contributed by atoms with Crippen molar-refractivity contribution in [3.05, 3.63) is 28.0 Å². The average Bonchev–Trinajstić information content (AvgIpc) is 1.92. The van der Waals surface area contributed by atoms with E-state index in [1.54, 1.807) is 0 Å². The van der Waals surface area contributed by atoms with Gasteiger partial charge in [-0.3, -0.25) is 0 Å². The summed E-state index contributed by atoms with van der Waals surface area (Å²) in [7, 11) is 0. The van der Waals surface area contributed by atoms with E-state index in [1.165, 1.54) is 0 Å². The Balaban J connectivity index is 3.14. The fourth-order valence-corrected chi connectivity index (χ4v) is 0.846. The van der Waals surface area contributed by atoms with E-state index in [-0.39, 0.29) is 10.2 Å². The monoisotopic (exact) mass is 219 g/mol. The van der Waals surface area contributed by atoms with Crippen molar-refractivity contribution in [3.8, 4) is 0 Å². The van der Waals surface area contributed by atoms with Gasteiger partial charge in [0.15, 0.2) is 0 Å². The number of aromatic nitrogens is 1. The highest BCUT2D eigenvalue weighted by Gasteiger charge is 2.31. The van der Waals surface area contributed by atoms with E-state index in [4.69, 9.17) is 23.2 Å². The van der Waals surface area contributed by atoms with Gasteiger partial charge in [0, 0.05) is 6.20 Å². The van der Waals surface area contributed by atoms with Crippen LogP contribution in [0.4, 0.5) is 13.2 Å². The summed E-state index contributed by atoms with van der Waals surface area (Å²) in [5.74, 6) is 0. The zero-order valence-electron chi connectivity index (χ0n) is 5.49. The number of rotatable bonds is 0. The lowest BCUT2D eigenvalue weighted by Crippen LogP contribution is -2.05. The molecule has 0 bridgehead atoms. The minimum absolute atomic E-state index is 0.135. The van der Waals surface area contributed by atoms with Crippen LogP contribution in [0.3, 0.4) is 0 Å². The van der Waals surface area contributed by atoms with Crippen molar-refractivity contribution in [2.75, 3.05) is 0 Å². The predicted octanol–water partition coefficient (Wildman–Crippen LogP) is 3.41. The van der Waals surface area contributed by atoms with Crippen LogP contribution in [-0.4, -0.2) is 4.98 Å². The molecule has 0 aromatic carbocycles. The maximum Gasteiger partial charge on any atom is 0.417 e. The molecular formula is C6H2Cl2F3N. The standard InChI is InChI=1S/C6H2Cl2F3N/c7-4-1-3(6(9,10)11)2-12-5(4)8/h1-2H/i1+1,4+1,5+1,12+1. The molecule has 1 aromatic rings. The molecule has 1 nitrogen and oxygen atoms in total. The van der Waals surface area contributed by atoms with Gasteiger partial charge in [-0.2, -0.15) is 13.2 Å². The summed E-state index contributed by atoms with van der Waals surface area (Å²) in [5.41, 5.74) is -0.906. The second-order valence-electron chi connectivity index (χ2n) is 1.99. The normalized spacial score (nSPS) is 11.8. The summed E-state index contributed by atoms with van der Waals surface area (Å²) in [5, 5.41) is -0.337. The fraction of sp³-hybridized carbons (Fsp3) is 0.167. The molecule has 1 rings (SSSR count). The van der Waals surface area contributed by atoms with Crippen LogP contribution >= 0.6 is 23.2 Å². The Kier molecular flexibility index (Phi) is 2.49. The third-order valence-corrected chi connectivity index (χ3v) is 1.81. The maximum absolute atomic E-state index is 12.0. The summed E-state index contributed by atoms with van der Waals surface area (Å²) in [6.07, 6.45) is -3.80. The lowest BCUT2D eigenvalue weighted by molar-refractivity contribution is -0.137. The average molecular weight is 220 g/mol. The highest BCUT2D eigenvalue weighted by atomic mass is 35.5. The second-order valence-corrected chi connectivity index (χ2v) is 2.76. The number of hydrogen-bond acceptors (Lipinski definition) is 1. The summed E-state index contributed by atoms with van der Waals surface area (Å²) in [6.45, 7) is 0. The van der Waals surface area contributed by atoms with E-state index in [2.05, 4.69) is 4.98 Å². The van der Waals surface area contributed by atoms with Crippen LogP contribution in [0, 0.1) is 0 Å². The van der Waals surface area contributed by atoms with Crippen molar-refractivity contribution >= 4 is 23.2 Å². The maximum atomic E-state index is 12.0. The molecule has 0 atom stereocenters. The zero-order valence-corrected chi connectivity index (χ0v) is 7.00.